The fourth-order valence-corrected chi connectivity index (χ4v) is 4.62. The van der Waals surface area contributed by atoms with E-state index in [0.29, 0.717) is 26.3 Å². The van der Waals surface area contributed by atoms with E-state index < -0.39 is 17.3 Å². The maximum Gasteiger partial charge on any atom is 0.416 e. The zero-order valence-electron chi connectivity index (χ0n) is 22.2. The van der Waals surface area contributed by atoms with Gasteiger partial charge >= 0.3 is 6.18 Å². The van der Waals surface area contributed by atoms with Gasteiger partial charge in [0.15, 0.2) is 23.9 Å². The van der Waals surface area contributed by atoms with Crippen molar-refractivity contribution in [3.8, 4) is 22.9 Å². The molecule has 4 aromatic rings. The maximum absolute atomic E-state index is 13.5. The van der Waals surface area contributed by atoms with Gasteiger partial charge in [0.1, 0.15) is 0 Å². The molecule has 2 heterocycles. The predicted molar refractivity (Wildman–Crippen MR) is 150 cm³/mol. The number of hydrogen-bond donors (Lipinski definition) is 0. The number of carbonyl (C=O) groups is 1. The predicted octanol–water partition coefficient (Wildman–Crippen LogP) is 4.86. The van der Waals surface area contributed by atoms with Gasteiger partial charge in [-0.15, -0.1) is 0 Å². The summed E-state index contributed by atoms with van der Waals surface area (Å²) in [6.07, 6.45) is -3.36. The molecular weight excluding hydrogens is 577 g/mol. The molecule has 42 heavy (non-hydrogen) atoms. The fraction of sp³-hybridized carbons (Fsp3) is 0.241. The van der Waals surface area contributed by atoms with Crippen molar-refractivity contribution >= 4 is 34.6 Å². The normalized spacial score (nSPS) is 14.0. The Bertz CT molecular complexity index is 1720. The summed E-state index contributed by atoms with van der Waals surface area (Å²) in [4.78, 5) is 32.3. The van der Waals surface area contributed by atoms with Crippen molar-refractivity contribution in [1.82, 2.24) is 14.6 Å². The molecule has 0 bridgehead atoms. The molecule has 1 saturated heterocycles. The Hall–Kier alpha value is -4.42. The molecule has 0 saturated carbocycles. The minimum atomic E-state index is -4.61. The molecule has 0 spiro atoms. The number of alkyl halides is 3. The molecule has 1 aromatic heterocycles. The third-order valence-electron chi connectivity index (χ3n) is 6.49. The fourth-order valence-electron chi connectivity index (χ4n) is 4.40. The minimum absolute atomic E-state index is 0.0288. The van der Waals surface area contributed by atoms with Crippen molar-refractivity contribution in [2.24, 2.45) is 5.10 Å². The highest BCUT2D eigenvalue weighted by atomic mass is 35.5. The molecule has 0 unspecified atom stereocenters. The zero-order valence-corrected chi connectivity index (χ0v) is 23.0. The molecule has 218 valence electrons. The Balaban J connectivity index is 1.58. The van der Waals surface area contributed by atoms with E-state index >= 15 is 0 Å². The molecule has 9 nitrogen and oxygen atoms in total. The molecule has 1 aliphatic heterocycles. The number of hydrogen-bond acceptors (Lipinski definition) is 7. The van der Waals surface area contributed by atoms with E-state index in [9.17, 15) is 22.8 Å². The van der Waals surface area contributed by atoms with Crippen LogP contribution in [0.2, 0.25) is 5.02 Å². The van der Waals surface area contributed by atoms with Gasteiger partial charge < -0.3 is 19.1 Å². The summed E-state index contributed by atoms with van der Waals surface area (Å²) in [6, 6.07) is 13.9. The van der Waals surface area contributed by atoms with E-state index in [0.717, 1.165) is 16.8 Å². The number of para-hydroxylation sites is 1. The molecule has 1 amide bonds. The third-order valence-corrected chi connectivity index (χ3v) is 6.70. The SMILES string of the molecule is COc1cc(Cl)cc(C=Nn2c(-c3cccc(C(F)(F)F)c3)nc3ccccc3c2=O)c1OCC(=O)N1CCOCC1. The standard InChI is InChI=1S/C29H24ClF3N4O5/c1-40-24-15-21(30)14-19(26(24)42-17-25(38)36-9-11-41-12-10-36)16-34-37-27(18-5-4-6-20(13-18)29(31,32)33)35-23-8-3-2-7-22(23)28(37)39/h2-8,13-16H,9-12,17H2,1H3. The summed E-state index contributed by atoms with van der Waals surface area (Å²) in [5.74, 6) is -0.0320. The van der Waals surface area contributed by atoms with Crippen LogP contribution in [0.1, 0.15) is 11.1 Å². The largest absolute Gasteiger partial charge is 0.493 e. The summed E-state index contributed by atoms with van der Waals surface area (Å²) >= 11 is 6.29. The molecular formula is C29H24ClF3N4O5. The molecule has 3 aromatic carbocycles. The van der Waals surface area contributed by atoms with Gasteiger partial charge in [-0.2, -0.15) is 22.9 Å². The first-order chi connectivity index (χ1) is 20.2. The summed E-state index contributed by atoms with van der Waals surface area (Å²) in [6.45, 7) is 1.41. The average molecular weight is 601 g/mol. The lowest BCUT2D eigenvalue weighted by Crippen LogP contribution is -2.43. The Kier molecular flexibility index (Phi) is 8.46. The molecule has 0 aliphatic carbocycles. The molecule has 0 N–H and O–H groups in total. The number of amides is 1. The van der Waals surface area contributed by atoms with Gasteiger partial charge in [-0.25, -0.2) is 4.98 Å². The minimum Gasteiger partial charge on any atom is -0.493 e. The van der Waals surface area contributed by atoms with E-state index in [1.54, 1.807) is 29.2 Å². The van der Waals surface area contributed by atoms with E-state index in [4.69, 9.17) is 25.8 Å². The monoisotopic (exact) mass is 600 g/mol. The number of fused-ring (bicyclic) bond motifs is 1. The van der Waals surface area contributed by atoms with Gasteiger partial charge in [-0.3, -0.25) is 9.59 Å². The van der Waals surface area contributed by atoms with Crippen LogP contribution in [0.4, 0.5) is 13.2 Å². The smallest absolute Gasteiger partial charge is 0.416 e. The number of methoxy groups -OCH3 is 1. The van der Waals surface area contributed by atoms with Crippen molar-refractivity contribution in [3.05, 3.63) is 87.2 Å². The number of carbonyl (C=O) groups excluding carboxylic acids is 1. The van der Waals surface area contributed by atoms with Crippen LogP contribution in [0, 0.1) is 0 Å². The van der Waals surface area contributed by atoms with Gasteiger partial charge in [0.2, 0.25) is 0 Å². The Labute approximate surface area is 242 Å². The maximum atomic E-state index is 13.5. The highest BCUT2D eigenvalue weighted by Crippen LogP contribution is 2.35. The van der Waals surface area contributed by atoms with Crippen LogP contribution in [0.3, 0.4) is 0 Å². The number of ether oxygens (including phenoxy) is 3. The first kappa shape index (κ1) is 29.1. The van der Waals surface area contributed by atoms with E-state index in [1.165, 1.54) is 37.6 Å². The van der Waals surface area contributed by atoms with Crippen molar-refractivity contribution in [3.63, 3.8) is 0 Å². The van der Waals surface area contributed by atoms with Gasteiger partial charge in [0.05, 0.1) is 43.0 Å². The molecule has 5 rings (SSSR count). The second-order valence-electron chi connectivity index (χ2n) is 9.20. The van der Waals surface area contributed by atoms with Crippen molar-refractivity contribution in [1.29, 1.82) is 0 Å². The summed E-state index contributed by atoms with van der Waals surface area (Å²) < 4.78 is 57.9. The second-order valence-corrected chi connectivity index (χ2v) is 9.64. The van der Waals surface area contributed by atoms with Gasteiger partial charge in [-0.05, 0) is 30.3 Å². The van der Waals surface area contributed by atoms with Crippen LogP contribution < -0.4 is 15.0 Å². The van der Waals surface area contributed by atoms with Crippen molar-refractivity contribution in [2.75, 3.05) is 40.0 Å². The third kappa shape index (κ3) is 6.24. The number of aromatic nitrogens is 2. The Morgan fingerprint density at radius 1 is 1.12 bits per heavy atom. The van der Waals surface area contributed by atoms with Gasteiger partial charge in [0.25, 0.3) is 11.5 Å². The average Bonchev–Trinajstić information content (AvgIpc) is 2.99. The topological polar surface area (TPSA) is 95.2 Å². The summed E-state index contributed by atoms with van der Waals surface area (Å²) in [5.41, 5.74) is -0.942. The van der Waals surface area contributed by atoms with Crippen LogP contribution in [-0.4, -0.2) is 66.7 Å². The van der Waals surface area contributed by atoms with Crippen molar-refractivity contribution < 1.29 is 32.2 Å². The number of benzene rings is 3. The first-order valence-corrected chi connectivity index (χ1v) is 13.1. The van der Waals surface area contributed by atoms with E-state index in [1.807, 2.05) is 0 Å². The molecule has 1 fully saturated rings. The number of halogens is 4. The molecule has 13 heteroatoms. The van der Waals surface area contributed by atoms with Crippen LogP contribution in [0.25, 0.3) is 22.3 Å². The first-order valence-electron chi connectivity index (χ1n) is 12.8. The van der Waals surface area contributed by atoms with Crippen LogP contribution in [-0.2, 0) is 15.7 Å². The molecule has 1 aliphatic rings. The highest BCUT2D eigenvalue weighted by molar-refractivity contribution is 6.31. The molecule has 0 atom stereocenters. The summed E-state index contributed by atoms with van der Waals surface area (Å²) in [5, 5.41) is 4.78. The Morgan fingerprint density at radius 2 is 1.88 bits per heavy atom. The zero-order chi connectivity index (χ0) is 29.9. The van der Waals surface area contributed by atoms with Gasteiger partial charge in [0, 0.05) is 35.3 Å². The van der Waals surface area contributed by atoms with E-state index in [2.05, 4.69) is 10.1 Å². The quantitative estimate of drug-likeness (QED) is 0.281. The van der Waals surface area contributed by atoms with Crippen LogP contribution in [0.15, 0.2) is 70.6 Å². The lowest BCUT2D eigenvalue weighted by Gasteiger charge is -2.27. The summed E-state index contributed by atoms with van der Waals surface area (Å²) in [7, 11) is 1.40. The van der Waals surface area contributed by atoms with Gasteiger partial charge in [-0.1, -0.05) is 35.9 Å². The van der Waals surface area contributed by atoms with Crippen molar-refractivity contribution in [2.45, 2.75) is 6.18 Å². The van der Waals surface area contributed by atoms with Crippen LogP contribution in [0.5, 0.6) is 11.5 Å². The number of morpholine rings is 1. The highest BCUT2D eigenvalue weighted by Gasteiger charge is 2.31. The number of nitrogens with zero attached hydrogens (tertiary/aromatic N) is 4. The lowest BCUT2D eigenvalue weighted by molar-refractivity contribution is -0.138. The number of rotatable bonds is 7. The second kappa shape index (κ2) is 12.2. The Morgan fingerprint density at radius 3 is 2.62 bits per heavy atom. The van der Waals surface area contributed by atoms with Crippen LogP contribution >= 0.6 is 11.6 Å². The lowest BCUT2D eigenvalue weighted by atomic mass is 10.1. The van der Waals surface area contributed by atoms with E-state index in [-0.39, 0.29) is 56.9 Å². The molecule has 0 radical (unpaired) electrons.